The molecule has 3 aliphatic heterocycles. The molecule has 6 rings (SSSR count). The molecule has 0 unspecified atom stereocenters. The van der Waals surface area contributed by atoms with Gasteiger partial charge in [0, 0.05) is 60.8 Å². The Bertz CT molecular complexity index is 1420. The quantitative estimate of drug-likeness (QED) is 0.355. The second-order valence-corrected chi connectivity index (χ2v) is 12.5. The van der Waals surface area contributed by atoms with Gasteiger partial charge in [0.25, 0.3) is 0 Å². The molecule has 0 saturated carbocycles. The number of fused-ring (bicyclic) bond motifs is 1. The lowest BCUT2D eigenvalue weighted by molar-refractivity contribution is -0.142. The summed E-state index contributed by atoms with van der Waals surface area (Å²) in [4.78, 5) is 32.5. The maximum atomic E-state index is 11.7. The Morgan fingerprint density at radius 3 is 2.44 bits per heavy atom. The van der Waals surface area contributed by atoms with Crippen LogP contribution >= 0.6 is 23.2 Å². The number of anilines is 1. The lowest BCUT2D eigenvalue weighted by Crippen LogP contribution is -2.53. The summed E-state index contributed by atoms with van der Waals surface area (Å²) in [5.74, 6) is 1.72. The number of nitrogens with zero attached hydrogens (tertiary/aromatic N) is 6. The van der Waals surface area contributed by atoms with Crippen molar-refractivity contribution in [1.82, 2.24) is 24.8 Å². The third-order valence-electron chi connectivity index (χ3n) is 8.63. The fourth-order valence-corrected chi connectivity index (χ4v) is 6.81. The number of likely N-dealkylation sites (tertiary alicyclic amines) is 1. The maximum Gasteiger partial charge on any atom is 0.305 e. The SMILES string of the molecule is COC(=O)CC1CCN(Cc2cc(Oc3cnc(N4CCN5CC[C@H](O)[C@H]5C4)nc3)nc(-c3cc(Cl)cc(Cl)c3)c2)CC1. The van der Waals surface area contributed by atoms with Crippen molar-refractivity contribution >= 4 is 35.1 Å². The van der Waals surface area contributed by atoms with Gasteiger partial charge in [-0.25, -0.2) is 15.0 Å². The van der Waals surface area contributed by atoms with E-state index in [2.05, 4.69) is 24.7 Å². The van der Waals surface area contributed by atoms with E-state index in [1.165, 1.54) is 7.11 Å². The molecule has 228 valence electrons. The average Bonchev–Trinajstić information content (AvgIpc) is 3.37. The topological polar surface area (TPSA) is 104 Å². The molecule has 0 amide bonds. The van der Waals surface area contributed by atoms with Crippen LogP contribution in [0.4, 0.5) is 5.95 Å². The van der Waals surface area contributed by atoms with Crippen molar-refractivity contribution in [2.24, 2.45) is 5.92 Å². The van der Waals surface area contributed by atoms with Crippen molar-refractivity contribution in [3.8, 4) is 22.9 Å². The van der Waals surface area contributed by atoms with Crippen LogP contribution in [0.2, 0.25) is 10.0 Å². The molecule has 0 radical (unpaired) electrons. The molecular weight excluding hydrogens is 591 g/mol. The number of carbonyl (C=O) groups is 1. The van der Waals surface area contributed by atoms with Gasteiger partial charge in [0.05, 0.1) is 37.3 Å². The minimum Gasteiger partial charge on any atom is -0.469 e. The van der Waals surface area contributed by atoms with Gasteiger partial charge < -0.3 is 19.5 Å². The minimum atomic E-state index is -0.307. The molecule has 2 aromatic heterocycles. The zero-order valence-electron chi connectivity index (χ0n) is 24.2. The van der Waals surface area contributed by atoms with Crippen molar-refractivity contribution in [1.29, 1.82) is 0 Å². The number of aromatic nitrogens is 3. The molecule has 0 aliphatic carbocycles. The van der Waals surface area contributed by atoms with Gasteiger partial charge in [-0.15, -0.1) is 0 Å². The van der Waals surface area contributed by atoms with E-state index in [0.717, 1.165) is 63.1 Å². The monoisotopic (exact) mass is 626 g/mol. The van der Waals surface area contributed by atoms with Crippen molar-refractivity contribution in [2.45, 2.75) is 44.4 Å². The van der Waals surface area contributed by atoms with E-state index in [0.29, 0.717) is 58.7 Å². The number of pyridine rings is 1. The number of aliphatic hydroxyl groups is 1. The Morgan fingerprint density at radius 2 is 1.72 bits per heavy atom. The number of carbonyl (C=O) groups excluding carboxylic acids is 1. The normalized spacial score (nSPS) is 21.5. The van der Waals surface area contributed by atoms with Crippen LogP contribution in [0.3, 0.4) is 0 Å². The van der Waals surface area contributed by atoms with E-state index in [4.69, 9.17) is 37.7 Å². The molecule has 12 heteroatoms. The predicted molar refractivity (Wildman–Crippen MR) is 165 cm³/mol. The molecule has 3 fully saturated rings. The molecule has 43 heavy (non-hydrogen) atoms. The fourth-order valence-electron chi connectivity index (χ4n) is 6.29. The Hall–Kier alpha value is -3.02. The Labute approximate surface area is 261 Å². The van der Waals surface area contributed by atoms with E-state index in [1.54, 1.807) is 18.5 Å². The second kappa shape index (κ2) is 13.3. The molecule has 0 spiro atoms. The largest absolute Gasteiger partial charge is 0.469 e. The van der Waals surface area contributed by atoms with Gasteiger partial charge in [-0.1, -0.05) is 23.2 Å². The highest BCUT2D eigenvalue weighted by atomic mass is 35.5. The molecule has 10 nitrogen and oxygen atoms in total. The van der Waals surface area contributed by atoms with Crippen LogP contribution in [0.5, 0.6) is 11.6 Å². The molecule has 3 aliphatic rings. The van der Waals surface area contributed by atoms with Gasteiger partial charge in [-0.3, -0.25) is 14.6 Å². The van der Waals surface area contributed by atoms with Gasteiger partial charge in [0.1, 0.15) is 0 Å². The number of ether oxygens (including phenoxy) is 2. The summed E-state index contributed by atoms with van der Waals surface area (Å²) >= 11 is 12.6. The number of aliphatic hydroxyl groups excluding tert-OH is 1. The number of methoxy groups -OCH3 is 1. The Morgan fingerprint density at radius 1 is 0.977 bits per heavy atom. The highest BCUT2D eigenvalue weighted by Crippen LogP contribution is 2.31. The first-order valence-electron chi connectivity index (χ1n) is 14.8. The summed E-state index contributed by atoms with van der Waals surface area (Å²) < 4.78 is 11.0. The number of piperazine rings is 1. The van der Waals surface area contributed by atoms with Crippen molar-refractivity contribution in [2.75, 3.05) is 51.3 Å². The standard InChI is InChI=1S/C31H36Cl2N6O4/c1-42-30(41)12-20-2-5-37(6-3-20)18-21-10-26(22-13-23(32)15-24(33)14-22)36-29(11-21)43-25-16-34-31(35-17-25)39-9-8-38-7-4-28(40)27(38)19-39/h10-11,13-17,20,27-28,40H,2-9,12,18-19H2,1H3/t27-,28+/m1/s1. The van der Waals surface area contributed by atoms with Gasteiger partial charge in [0.15, 0.2) is 5.75 Å². The minimum absolute atomic E-state index is 0.122. The lowest BCUT2D eigenvalue weighted by atomic mass is 9.93. The highest BCUT2D eigenvalue weighted by molar-refractivity contribution is 6.35. The van der Waals surface area contributed by atoms with Crippen molar-refractivity contribution in [3.63, 3.8) is 0 Å². The summed E-state index contributed by atoms with van der Waals surface area (Å²) in [6, 6.07) is 9.45. The van der Waals surface area contributed by atoms with Crippen LogP contribution in [-0.4, -0.2) is 94.4 Å². The highest BCUT2D eigenvalue weighted by Gasteiger charge is 2.37. The molecule has 3 aromatic rings. The summed E-state index contributed by atoms with van der Waals surface area (Å²) in [6.45, 7) is 5.84. The zero-order chi connectivity index (χ0) is 29.9. The van der Waals surface area contributed by atoms with Gasteiger partial charge in [-0.05, 0) is 68.1 Å². The third-order valence-corrected chi connectivity index (χ3v) is 9.06. The average molecular weight is 628 g/mol. The van der Waals surface area contributed by atoms with Crippen LogP contribution in [-0.2, 0) is 16.1 Å². The summed E-state index contributed by atoms with van der Waals surface area (Å²) in [6.07, 6.45) is 6.19. The van der Waals surface area contributed by atoms with Crippen LogP contribution in [0.1, 0.15) is 31.2 Å². The van der Waals surface area contributed by atoms with Crippen molar-refractivity contribution < 1.29 is 19.4 Å². The van der Waals surface area contributed by atoms with Gasteiger partial charge >= 0.3 is 5.97 Å². The molecule has 1 N–H and O–H groups in total. The lowest BCUT2D eigenvalue weighted by Gasteiger charge is -2.38. The number of esters is 1. The van der Waals surface area contributed by atoms with Crippen LogP contribution in [0.15, 0.2) is 42.7 Å². The van der Waals surface area contributed by atoms with E-state index in [1.807, 2.05) is 24.3 Å². The summed E-state index contributed by atoms with van der Waals surface area (Å²) in [5, 5.41) is 11.4. The summed E-state index contributed by atoms with van der Waals surface area (Å²) in [5.41, 5.74) is 2.52. The zero-order valence-corrected chi connectivity index (χ0v) is 25.7. The van der Waals surface area contributed by atoms with E-state index in [9.17, 15) is 9.90 Å². The number of halogens is 2. The molecule has 1 aromatic carbocycles. The van der Waals surface area contributed by atoms with Crippen LogP contribution in [0.25, 0.3) is 11.3 Å². The van der Waals surface area contributed by atoms with E-state index >= 15 is 0 Å². The van der Waals surface area contributed by atoms with E-state index in [-0.39, 0.29) is 18.1 Å². The van der Waals surface area contributed by atoms with Crippen molar-refractivity contribution in [3.05, 3.63) is 58.3 Å². The molecule has 0 bridgehead atoms. The maximum absolute atomic E-state index is 11.7. The summed E-state index contributed by atoms with van der Waals surface area (Å²) in [7, 11) is 1.44. The first-order valence-corrected chi connectivity index (χ1v) is 15.5. The molecule has 2 atom stereocenters. The number of rotatable bonds is 8. The number of piperidine rings is 1. The predicted octanol–water partition coefficient (Wildman–Crippen LogP) is 4.67. The smallest absolute Gasteiger partial charge is 0.305 e. The first kappa shape index (κ1) is 30.0. The van der Waals surface area contributed by atoms with Gasteiger partial charge in [-0.2, -0.15) is 0 Å². The van der Waals surface area contributed by atoms with E-state index < -0.39 is 0 Å². The molecular formula is C31H36Cl2N6O4. The van der Waals surface area contributed by atoms with Crippen LogP contribution < -0.4 is 9.64 Å². The Kier molecular flexibility index (Phi) is 9.30. The molecule has 3 saturated heterocycles. The second-order valence-electron chi connectivity index (χ2n) is 11.6. The number of hydrogen-bond donors (Lipinski definition) is 1. The molecule has 5 heterocycles. The van der Waals surface area contributed by atoms with Gasteiger partial charge in [0.2, 0.25) is 11.8 Å². The number of benzene rings is 1. The fraction of sp³-hybridized carbons (Fsp3) is 0.484. The first-order chi connectivity index (χ1) is 20.8. The Balaban J connectivity index is 1.18. The third kappa shape index (κ3) is 7.38. The number of hydrogen-bond acceptors (Lipinski definition) is 10. The van der Waals surface area contributed by atoms with Crippen LogP contribution in [0, 0.1) is 5.92 Å².